The van der Waals surface area contributed by atoms with Crippen molar-refractivity contribution in [2.75, 3.05) is 20.1 Å². The van der Waals surface area contributed by atoms with Crippen molar-refractivity contribution in [2.45, 2.75) is 12.8 Å². The molecule has 0 radical (unpaired) electrons. The minimum absolute atomic E-state index is 0.0591. The summed E-state index contributed by atoms with van der Waals surface area (Å²) in [6.07, 6.45) is 0.582. The van der Waals surface area contributed by atoms with E-state index in [4.69, 9.17) is 5.11 Å². The fourth-order valence-electron chi connectivity index (χ4n) is 1.93. The van der Waals surface area contributed by atoms with E-state index in [2.05, 4.69) is 10.3 Å². The average molecular weight is 333 g/mol. The molecule has 0 aliphatic carbocycles. The van der Waals surface area contributed by atoms with Gasteiger partial charge in [-0.25, -0.2) is 9.78 Å². The van der Waals surface area contributed by atoms with Crippen molar-refractivity contribution in [3.05, 3.63) is 41.4 Å². The van der Waals surface area contributed by atoms with E-state index in [1.165, 1.54) is 4.90 Å². The van der Waals surface area contributed by atoms with E-state index in [1.807, 2.05) is 35.7 Å². The van der Waals surface area contributed by atoms with Crippen molar-refractivity contribution < 1.29 is 14.7 Å². The summed E-state index contributed by atoms with van der Waals surface area (Å²) < 4.78 is 0. The fraction of sp³-hybridized carbons (Fsp3) is 0.312. The van der Waals surface area contributed by atoms with Crippen molar-refractivity contribution in [1.29, 1.82) is 0 Å². The molecule has 0 aliphatic heterocycles. The van der Waals surface area contributed by atoms with Crippen molar-refractivity contribution in [3.8, 4) is 10.6 Å². The zero-order chi connectivity index (χ0) is 16.7. The smallest absolute Gasteiger partial charge is 0.317 e. The van der Waals surface area contributed by atoms with Gasteiger partial charge in [0.15, 0.2) is 0 Å². The van der Waals surface area contributed by atoms with Crippen LogP contribution >= 0.6 is 11.3 Å². The Kier molecular flexibility index (Phi) is 6.10. The van der Waals surface area contributed by atoms with Crippen LogP contribution in [0.2, 0.25) is 0 Å². The third-order valence-electron chi connectivity index (χ3n) is 3.24. The molecule has 23 heavy (non-hydrogen) atoms. The van der Waals surface area contributed by atoms with Crippen LogP contribution in [0.15, 0.2) is 35.7 Å². The van der Waals surface area contributed by atoms with Gasteiger partial charge in [0, 0.05) is 37.5 Å². The Bertz CT molecular complexity index is 658. The topological polar surface area (TPSA) is 82.5 Å². The minimum atomic E-state index is -0.916. The number of hydrogen-bond acceptors (Lipinski definition) is 4. The molecule has 7 heteroatoms. The van der Waals surface area contributed by atoms with Crippen LogP contribution in [-0.4, -0.2) is 47.1 Å². The van der Waals surface area contributed by atoms with Gasteiger partial charge in [-0.3, -0.25) is 4.79 Å². The van der Waals surface area contributed by atoms with E-state index < -0.39 is 5.97 Å². The maximum Gasteiger partial charge on any atom is 0.317 e. The molecule has 122 valence electrons. The van der Waals surface area contributed by atoms with Gasteiger partial charge in [0.25, 0.3) is 0 Å². The monoisotopic (exact) mass is 333 g/mol. The minimum Gasteiger partial charge on any atom is -0.481 e. The summed E-state index contributed by atoms with van der Waals surface area (Å²) in [7, 11) is 1.58. The molecule has 6 nitrogen and oxygen atoms in total. The maximum atomic E-state index is 11.8. The van der Waals surface area contributed by atoms with E-state index in [0.29, 0.717) is 13.0 Å². The van der Waals surface area contributed by atoms with Crippen LogP contribution in [0.1, 0.15) is 12.1 Å². The number of carbonyl (C=O) groups is 2. The first kappa shape index (κ1) is 17.0. The summed E-state index contributed by atoms with van der Waals surface area (Å²) >= 11 is 1.58. The SMILES string of the molecule is CN(CCC(=O)O)C(=O)NCCc1csc(-c2ccccc2)n1. The number of urea groups is 1. The number of carboxylic acids is 1. The van der Waals surface area contributed by atoms with E-state index in [1.54, 1.807) is 18.4 Å². The largest absolute Gasteiger partial charge is 0.481 e. The van der Waals surface area contributed by atoms with Gasteiger partial charge in [0.1, 0.15) is 5.01 Å². The highest BCUT2D eigenvalue weighted by molar-refractivity contribution is 7.13. The summed E-state index contributed by atoms with van der Waals surface area (Å²) in [5.74, 6) is -0.916. The lowest BCUT2D eigenvalue weighted by atomic mass is 10.2. The van der Waals surface area contributed by atoms with Crippen LogP contribution in [0.4, 0.5) is 4.79 Å². The van der Waals surface area contributed by atoms with E-state index in [0.717, 1.165) is 16.3 Å². The Hall–Kier alpha value is -2.41. The first-order valence-corrected chi connectivity index (χ1v) is 8.15. The molecular formula is C16H19N3O3S. The second-order valence-corrected chi connectivity index (χ2v) is 5.92. The normalized spacial score (nSPS) is 10.3. The Morgan fingerprint density at radius 2 is 2.04 bits per heavy atom. The third-order valence-corrected chi connectivity index (χ3v) is 4.18. The lowest BCUT2D eigenvalue weighted by Crippen LogP contribution is -2.39. The molecule has 0 unspecified atom stereocenters. The van der Waals surface area contributed by atoms with Crippen LogP contribution in [0.5, 0.6) is 0 Å². The molecule has 0 fully saturated rings. The van der Waals surface area contributed by atoms with Gasteiger partial charge in [-0.2, -0.15) is 0 Å². The van der Waals surface area contributed by atoms with E-state index in [-0.39, 0.29) is 19.0 Å². The number of carboxylic acid groups (broad SMARTS) is 1. The van der Waals surface area contributed by atoms with Crippen LogP contribution in [0, 0.1) is 0 Å². The van der Waals surface area contributed by atoms with E-state index >= 15 is 0 Å². The maximum absolute atomic E-state index is 11.8. The van der Waals surface area contributed by atoms with Crippen molar-refractivity contribution >= 4 is 23.3 Å². The Labute approximate surface area is 138 Å². The van der Waals surface area contributed by atoms with Gasteiger partial charge in [-0.05, 0) is 0 Å². The van der Waals surface area contributed by atoms with Crippen LogP contribution in [0.3, 0.4) is 0 Å². The van der Waals surface area contributed by atoms with Gasteiger partial charge in [-0.15, -0.1) is 11.3 Å². The van der Waals surface area contributed by atoms with E-state index in [9.17, 15) is 9.59 Å². The van der Waals surface area contributed by atoms with Gasteiger partial charge in [-0.1, -0.05) is 30.3 Å². The van der Waals surface area contributed by atoms with Crippen LogP contribution < -0.4 is 5.32 Å². The molecule has 2 N–H and O–H groups in total. The first-order valence-electron chi connectivity index (χ1n) is 7.27. The zero-order valence-electron chi connectivity index (χ0n) is 12.9. The third kappa shape index (κ3) is 5.37. The molecule has 1 aromatic carbocycles. The number of hydrogen-bond donors (Lipinski definition) is 2. The summed E-state index contributed by atoms with van der Waals surface area (Å²) in [4.78, 5) is 28.2. The number of aromatic nitrogens is 1. The van der Waals surface area contributed by atoms with Crippen LogP contribution in [-0.2, 0) is 11.2 Å². The Morgan fingerprint density at radius 1 is 1.30 bits per heavy atom. The number of thiazole rings is 1. The van der Waals surface area contributed by atoms with Gasteiger partial charge >= 0.3 is 12.0 Å². The quantitative estimate of drug-likeness (QED) is 0.815. The molecule has 2 amide bonds. The summed E-state index contributed by atoms with van der Waals surface area (Å²) in [6.45, 7) is 0.657. The highest BCUT2D eigenvalue weighted by atomic mass is 32.1. The number of rotatable bonds is 7. The standard InChI is InChI=1S/C16H19N3O3S/c1-19(10-8-14(20)21)16(22)17-9-7-13-11-23-15(18-13)12-5-3-2-4-6-12/h2-6,11H,7-10H2,1H3,(H,17,22)(H,20,21). The summed E-state index contributed by atoms with van der Waals surface area (Å²) in [5.41, 5.74) is 2.02. The number of aliphatic carboxylic acids is 1. The second-order valence-electron chi connectivity index (χ2n) is 5.06. The van der Waals surface area contributed by atoms with Crippen molar-refractivity contribution in [2.24, 2.45) is 0 Å². The molecule has 0 spiro atoms. The molecule has 2 rings (SSSR count). The van der Waals surface area contributed by atoms with Crippen molar-refractivity contribution in [1.82, 2.24) is 15.2 Å². The molecule has 2 aromatic rings. The predicted molar refractivity (Wildman–Crippen MR) is 89.5 cm³/mol. The molecule has 0 saturated heterocycles. The zero-order valence-corrected chi connectivity index (χ0v) is 13.7. The number of nitrogens with zero attached hydrogens (tertiary/aromatic N) is 2. The van der Waals surface area contributed by atoms with Crippen LogP contribution in [0.25, 0.3) is 10.6 Å². The molecule has 1 heterocycles. The molecule has 0 aliphatic rings. The Morgan fingerprint density at radius 3 is 2.74 bits per heavy atom. The van der Waals surface area contributed by atoms with Gasteiger partial charge in [0.05, 0.1) is 12.1 Å². The number of carbonyl (C=O) groups excluding carboxylic acids is 1. The molecule has 0 atom stereocenters. The van der Waals surface area contributed by atoms with Crippen molar-refractivity contribution in [3.63, 3.8) is 0 Å². The summed E-state index contributed by atoms with van der Waals surface area (Å²) in [5, 5.41) is 14.3. The lowest BCUT2D eigenvalue weighted by Gasteiger charge is -2.16. The highest BCUT2D eigenvalue weighted by Gasteiger charge is 2.10. The average Bonchev–Trinajstić information content (AvgIpc) is 3.02. The fourth-order valence-corrected chi connectivity index (χ4v) is 2.79. The molecule has 1 aromatic heterocycles. The second kappa shape index (κ2) is 8.28. The van der Waals surface area contributed by atoms with Gasteiger partial charge < -0.3 is 15.3 Å². The molecule has 0 bridgehead atoms. The Balaban J connectivity index is 1.77. The number of nitrogens with one attached hydrogen (secondary N) is 1. The number of amides is 2. The lowest BCUT2D eigenvalue weighted by molar-refractivity contribution is -0.137. The number of benzene rings is 1. The molecular weight excluding hydrogens is 314 g/mol. The molecule has 0 saturated carbocycles. The van der Waals surface area contributed by atoms with Gasteiger partial charge in [0.2, 0.25) is 0 Å². The highest BCUT2D eigenvalue weighted by Crippen LogP contribution is 2.23. The predicted octanol–water partition coefficient (Wildman–Crippen LogP) is 2.47. The summed E-state index contributed by atoms with van der Waals surface area (Å²) in [6, 6.07) is 9.68. The first-order chi connectivity index (χ1) is 11.1.